The Hall–Kier alpha value is -2.24. The molecule has 0 radical (unpaired) electrons. The Morgan fingerprint density at radius 2 is 2.19 bits per heavy atom. The molecule has 0 aromatic carbocycles. The number of hydrogen-bond donors (Lipinski definition) is 2. The molecule has 0 aliphatic rings. The number of nitrogens with one attached hydrogen (secondary N) is 2. The summed E-state index contributed by atoms with van der Waals surface area (Å²) < 4.78 is 0. The van der Waals surface area contributed by atoms with Gasteiger partial charge in [0.25, 0.3) is 5.91 Å². The van der Waals surface area contributed by atoms with Crippen LogP contribution in [-0.2, 0) is 0 Å². The van der Waals surface area contributed by atoms with Crippen molar-refractivity contribution in [3.8, 4) is 0 Å². The number of amides is 1. The largest absolute Gasteiger partial charge is 0.289 e. The van der Waals surface area contributed by atoms with Gasteiger partial charge in [0.15, 0.2) is 0 Å². The molecule has 1 amide bonds. The lowest BCUT2D eigenvalue weighted by Gasteiger charge is -2.00. The highest BCUT2D eigenvalue weighted by molar-refractivity contribution is 6.03. The van der Waals surface area contributed by atoms with Gasteiger partial charge in [0, 0.05) is 11.9 Å². The van der Waals surface area contributed by atoms with E-state index in [0.717, 1.165) is 5.69 Å². The molecule has 2 aromatic heterocycles. The van der Waals surface area contributed by atoms with Gasteiger partial charge in [-0.2, -0.15) is 4.98 Å². The third kappa shape index (κ3) is 2.22. The Balaban J connectivity index is 2.11. The smallest absolute Gasteiger partial charge is 0.259 e. The van der Waals surface area contributed by atoms with Gasteiger partial charge in [-0.15, -0.1) is 5.10 Å². The van der Waals surface area contributed by atoms with E-state index in [1.165, 1.54) is 6.20 Å². The Labute approximate surface area is 92.1 Å². The first-order valence-corrected chi connectivity index (χ1v) is 4.78. The van der Waals surface area contributed by atoms with E-state index < -0.39 is 0 Å². The first kappa shape index (κ1) is 10.3. The topological polar surface area (TPSA) is 83.6 Å². The molecule has 0 saturated carbocycles. The van der Waals surface area contributed by atoms with E-state index in [1.54, 1.807) is 19.1 Å². The molecule has 0 saturated heterocycles. The number of carbonyl (C=O) groups is 1. The first-order chi connectivity index (χ1) is 7.65. The summed E-state index contributed by atoms with van der Waals surface area (Å²) in [4.78, 5) is 19.7. The number of rotatable bonds is 2. The van der Waals surface area contributed by atoms with Crippen molar-refractivity contribution in [2.75, 3.05) is 5.32 Å². The van der Waals surface area contributed by atoms with Gasteiger partial charge in [0.05, 0.1) is 5.56 Å². The van der Waals surface area contributed by atoms with Gasteiger partial charge in [-0.3, -0.25) is 20.2 Å². The van der Waals surface area contributed by atoms with Gasteiger partial charge in [-0.1, -0.05) is 0 Å². The molecule has 0 atom stereocenters. The van der Waals surface area contributed by atoms with Crippen LogP contribution in [0, 0.1) is 13.8 Å². The maximum Gasteiger partial charge on any atom is 0.259 e. The fraction of sp³-hybridized carbons (Fsp3) is 0.200. The second-order valence-electron chi connectivity index (χ2n) is 3.39. The molecule has 2 rings (SSSR count). The number of anilines is 1. The number of nitrogens with zero attached hydrogens (tertiary/aromatic N) is 3. The van der Waals surface area contributed by atoms with Crippen molar-refractivity contribution in [2.24, 2.45) is 0 Å². The summed E-state index contributed by atoms with van der Waals surface area (Å²) in [6, 6.07) is 3.48. The highest BCUT2D eigenvalue weighted by Gasteiger charge is 2.08. The van der Waals surface area contributed by atoms with Gasteiger partial charge >= 0.3 is 0 Å². The summed E-state index contributed by atoms with van der Waals surface area (Å²) in [5.74, 6) is 0.645. The van der Waals surface area contributed by atoms with E-state index in [4.69, 9.17) is 0 Å². The van der Waals surface area contributed by atoms with Crippen LogP contribution in [0.3, 0.4) is 0 Å². The summed E-state index contributed by atoms with van der Waals surface area (Å²) in [5, 5.41) is 9.02. The molecule has 0 spiro atoms. The van der Waals surface area contributed by atoms with E-state index in [0.29, 0.717) is 11.4 Å². The van der Waals surface area contributed by atoms with Crippen molar-refractivity contribution in [3.05, 3.63) is 35.4 Å². The van der Waals surface area contributed by atoms with Crippen LogP contribution in [0.2, 0.25) is 0 Å². The van der Waals surface area contributed by atoms with Crippen molar-refractivity contribution in [3.63, 3.8) is 0 Å². The van der Waals surface area contributed by atoms with Gasteiger partial charge < -0.3 is 0 Å². The Morgan fingerprint density at radius 1 is 1.38 bits per heavy atom. The standard InChI is InChI=1S/C10H11N5O/c1-6-3-4-8(5-11-6)9(16)13-10-12-7(2)14-15-10/h3-5H,1-2H3,(H2,12,13,14,15,16). The van der Waals surface area contributed by atoms with Crippen LogP contribution in [0.4, 0.5) is 5.95 Å². The van der Waals surface area contributed by atoms with E-state index in [2.05, 4.69) is 25.5 Å². The summed E-state index contributed by atoms with van der Waals surface area (Å²) in [7, 11) is 0. The average Bonchev–Trinajstić information content (AvgIpc) is 2.65. The molecule has 2 heterocycles. The molecule has 6 heteroatoms. The highest BCUT2D eigenvalue weighted by Crippen LogP contribution is 2.03. The molecule has 0 aliphatic carbocycles. The Kier molecular flexibility index (Phi) is 2.63. The van der Waals surface area contributed by atoms with Crippen LogP contribution in [-0.4, -0.2) is 26.1 Å². The zero-order valence-corrected chi connectivity index (χ0v) is 8.98. The molecule has 0 bridgehead atoms. The number of aryl methyl sites for hydroxylation is 2. The first-order valence-electron chi connectivity index (χ1n) is 4.78. The number of aromatic nitrogens is 4. The van der Waals surface area contributed by atoms with Gasteiger partial charge in [0.1, 0.15) is 5.82 Å². The molecular formula is C10H11N5O. The second kappa shape index (κ2) is 4.09. The fourth-order valence-electron chi connectivity index (χ4n) is 1.17. The number of pyridine rings is 1. The van der Waals surface area contributed by atoms with E-state index in [1.807, 2.05) is 6.92 Å². The molecule has 6 nitrogen and oxygen atoms in total. The van der Waals surface area contributed by atoms with E-state index in [-0.39, 0.29) is 11.9 Å². The zero-order chi connectivity index (χ0) is 11.5. The lowest BCUT2D eigenvalue weighted by molar-refractivity contribution is 0.102. The minimum absolute atomic E-state index is 0.267. The third-order valence-corrected chi connectivity index (χ3v) is 2.00. The van der Waals surface area contributed by atoms with Crippen molar-refractivity contribution < 1.29 is 4.79 Å². The number of hydrogen-bond acceptors (Lipinski definition) is 4. The summed E-state index contributed by atoms with van der Waals surface area (Å²) in [6.07, 6.45) is 1.52. The lowest BCUT2D eigenvalue weighted by Crippen LogP contribution is -2.13. The van der Waals surface area contributed by atoms with Crippen LogP contribution < -0.4 is 5.32 Å². The van der Waals surface area contributed by atoms with Crippen LogP contribution in [0.25, 0.3) is 0 Å². The predicted molar refractivity (Wildman–Crippen MR) is 58.0 cm³/mol. The lowest BCUT2D eigenvalue weighted by atomic mass is 10.2. The van der Waals surface area contributed by atoms with Gasteiger partial charge in [-0.25, -0.2) is 0 Å². The van der Waals surface area contributed by atoms with E-state index in [9.17, 15) is 4.79 Å². The molecule has 0 unspecified atom stereocenters. The zero-order valence-electron chi connectivity index (χ0n) is 8.98. The van der Waals surface area contributed by atoms with Crippen molar-refractivity contribution in [1.82, 2.24) is 20.2 Å². The summed E-state index contributed by atoms with van der Waals surface area (Å²) in [5.41, 5.74) is 1.35. The van der Waals surface area contributed by atoms with E-state index >= 15 is 0 Å². The molecule has 0 aliphatic heterocycles. The Morgan fingerprint density at radius 3 is 2.75 bits per heavy atom. The number of aromatic amines is 1. The fourth-order valence-corrected chi connectivity index (χ4v) is 1.17. The molecule has 2 aromatic rings. The molecule has 0 fully saturated rings. The van der Waals surface area contributed by atoms with Crippen LogP contribution in [0.5, 0.6) is 0 Å². The second-order valence-corrected chi connectivity index (χ2v) is 3.39. The van der Waals surface area contributed by atoms with Crippen LogP contribution >= 0.6 is 0 Å². The average molecular weight is 217 g/mol. The summed E-state index contributed by atoms with van der Waals surface area (Å²) >= 11 is 0. The molecular weight excluding hydrogens is 206 g/mol. The summed E-state index contributed by atoms with van der Waals surface area (Å²) in [6.45, 7) is 3.62. The van der Waals surface area contributed by atoms with Crippen molar-refractivity contribution in [1.29, 1.82) is 0 Å². The normalized spacial score (nSPS) is 10.1. The van der Waals surface area contributed by atoms with Gasteiger partial charge in [0.2, 0.25) is 5.95 Å². The number of carbonyl (C=O) groups excluding carboxylic acids is 1. The van der Waals surface area contributed by atoms with Crippen LogP contribution in [0.15, 0.2) is 18.3 Å². The molecule has 16 heavy (non-hydrogen) atoms. The molecule has 2 N–H and O–H groups in total. The highest BCUT2D eigenvalue weighted by atomic mass is 16.1. The monoisotopic (exact) mass is 217 g/mol. The minimum atomic E-state index is -0.272. The third-order valence-electron chi connectivity index (χ3n) is 2.00. The SMILES string of the molecule is Cc1ccc(C(=O)Nc2n[nH]c(C)n2)cn1. The van der Waals surface area contributed by atoms with Crippen LogP contribution in [0.1, 0.15) is 21.9 Å². The maximum atomic E-state index is 11.7. The predicted octanol–water partition coefficient (Wildman–Crippen LogP) is 1.07. The quantitative estimate of drug-likeness (QED) is 0.788. The minimum Gasteiger partial charge on any atom is -0.289 e. The van der Waals surface area contributed by atoms with Gasteiger partial charge in [-0.05, 0) is 26.0 Å². The van der Waals surface area contributed by atoms with Crippen molar-refractivity contribution in [2.45, 2.75) is 13.8 Å². The Bertz CT molecular complexity index is 502. The molecule has 82 valence electrons. The number of H-pyrrole nitrogens is 1. The maximum absolute atomic E-state index is 11.7. The van der Waals surface area contributed by atoms with Crippen molar-refractivity contribution >= 4 is 11.9 Å².